The second kappa shape index (κ2) is 8.84. The first-order valence-corrected chi connectivity index (χ1v) is 10.7. The summed E-state index contributed by atoms with van der Waals surface area (Å²) in [6, 6.07) is 19.0. The number of aryl methyl sites for hydroxylation is 2. The summed E-state index contributed by atoms with van der Waals surface area (Å²) < 4.78 is 1.96. The van der Waals surface area contributed by atoms with Crippen LogP contribution in [0.25, 0.3) is 0 Å². The fraction of sp³-hybridized carbons (Fsp3) is 0.360. The zero-order chi connectivity index (χ0) is 21.1. The minimum Gasteiger partial charge on any atom is -0.336 e. The van der Waals surface area contributed by atoms with E-state index in [-0.39, 0.29) is 5.91 Å². The van der Waals surface area contributed by atoms with Crippen molar-refractivity contribution in [3.8, 4) is 0 Å². The third-order valence-corrected chi connectivity index (χ3v) is 5.96. The minimum absolute atomic E-state index is 0.111. The maximum absolute atomic E-state index is 13.3. The van der Waals surface area contributed by atoms with Crippen molar-refractivity contribution in [3.05, 3.63) is 88.2 Å². The molecule has 0 aliphatic carbocycles. The smallest absolute Gasteiger partial charge is 0.257 e. The first-order valence-electron chi connectivity index (χ1n) is 10.7. The van der Waals surface area contributed by atoms with E-state index < -0.39 is 0 Å². The van der Waals surface area contributed by atoms with E-state index in [4.69, 9.17) is 0 Å². The van der Waals surface area contributed by atoms with Gasteiger partial charge >= 0.3 is 0 Å². The van der Waals surface area contributed by atoms with E-state index >= 15 is 0 Å². The Kier molecular flexibility index (Phi) is 6.00. The molecule has 4 rings (SSSR count). The van der Waals surface area contributed by atoms with Crippen LogP contribution in [0.5, 0.6) is 0 Å². The molecule has 0 N–H and O–H groups in total. The lowest BCUT2D eigenvalue weighted by molar-refractivity contribution is 0.0627. The third kappa shape index (κ3) is 4.46. The highest BCUT2D eigenvalue weighted by atomic mass is 16.2. The van der Waals surface area contributed by atoms with Crippen LogP contribution in [0.3, 0.4) is 0 Å². The number of piperazine rings is 1. The van der Waals surface area contributed by atoms with Gasteiger partial charge in [0, 0.05) is 38.4 Å². The number of hydrogen-bond acceptors (Lipinski definition) is 3. The molecule has 5 nitrogen and oxygen atoms in total. The van der Waals surface area contributed by atoms with Crippen molar-refractivity contribution in [1.29, 1.82) is 0 Å². The maximum atomic E-state index is 13.3. The zero-order valence-corrected chi connectivity index (χ0v) is 18.1. The predicted molar refractivity (Wildman–Crippen MR) is 120 cm³/mol. The van der Waals surface area contributed by atoms with Gasteiger partial charge in [-0.2, -0.15) is 5.10 Å². The molecule has 1 aliphatic rings. The topological polar surface area (TPSA) is 41.4 Å². The number of benzene rings is 2. The van der Waals surface area contributed by atoms with Crippen LogP contribution in [-0.2, 0) is 13.1 Å². The highest BCUT2D eigenvalue weighted by molar-refractivity contribution is 5.96. The van der Waals surface area contributed by atoms with E-state index in [2.05, 4.69) is 65.5 Å². The molecular weight excluding hydrogens is 372 g/mol. The molecule has 2 heterocycles. The van der Waals surface area contributed by atoms with Crippen LogP contribution in [0.1, 0.15) is 38.4 Å². The third-order valence-electron chi connectivity index (χ3n) is 5.96. The normalized spacial score (nSPS) is 14.8. The number of nitrogens with zero attached hydrogens (tertiary/aromatic N) is 4. The van der Waals surface area contributed by atoms with Gasteiger partial charge in [0.1, 0.15) is 0 Å². The summed E-state index contributed by atoms with van der Waals surface area (Å²) in [5.41, 5.74) is 6.29. The average Bonchev–Trinajstić information content (AvgIpc) is 3.03. The molecule has 1 fully saturated rings. The van der Waals surface area contributed by atoms with E-state index in [9.17, 15) is 4.79 Å². The Morgan fingerprint density at radius 1 is 0.833 bits per heavy atom. The summed E-state index contributed by atoms with van der Waals surface area (Å²) in [4.78, 5) is 17.7. The Balaban J connectivity index is 1.41. The number of aromatic nitrogens is 2. The largest absolute Gasteiger partial charge is 0.336 e. The van der Waals surface area contributed by atoms with Crippen LogP contribution in [0.2, 0.25) is 0 Å². The van der Waals surface area contributed by atoms with Crippen LogP contribution < -0.4 is 0 Å². The molecule has 30 heavy (non-hydrogen) atoms. The molecule has 2 aromatic carbocycles. The number of amides is 1. The molecule has 0 unspecified atom stereocenters. The van der Waals surface area contributed by atoms with Crippen molar-refractivity contribution < 1.29 is 4.79 Å². The molecule has 0 spiro atoms. The lowest BCUT2D eigenvalue weighted by Gasteiger charge is -2.34. The molecule has 0 radical (unpaired) electrons. The molecule has 156 valence electrons. The minimum atomic E-state index is 0.111. The van der Waals surface area contributed by atoms with Gasteiger partial charge in [0.25, 0.3) is 5.91 Å². The van der Waals surface area contributed by atoms with Gasteiger partial charge in [-0.3, -0.25) is 14.4 Å². The van der Waals surface area contributed by atoms with Crippen molar-refractivity contribution >= 4 is 5.91 Å². The van der Waals surface area contributed by atoms with Gasteiger partial charge in [-0.15, -0.1) is 0 Å². The van der Waals surface area contributed by atoms with Crippen LogP contribution in [0.15, 0.2) is 54.6 Å². The summed E-state index contributed by atoms with van der Waals surface area (Å²) in [6.45, 7) is 11.0. The molecule has 0 bridgehead atoms. The fourth-order valence-corrected chi connectivity index (χ4v) is 4.14. The summed E-state index contributed by atoms with van der Waals surface area (Å²) in [6.07, 6.45) is 0. The number of carbonyl (C=O) groups excluding carboxylic acids is 1. The molecule has 1 amide bonds. The summed E-state index contributed by atoms with van der Waals surface area (Å²) >= 11 is 0. The summed E-state index contributed by atoms with van der Waals surface area (Å²) in [7, 11) is 0. The van der Waals surface area contributed by atoms with Crippen LogP contribution >= 0.6 is 0 Å². The Morgan fingerprint density at radius 3 is 2.13 bits per heavy atom. The first kappa shape index (κ1) is 20.4. The van der Waals surface area contributed by atoms with Crippen molar-refractivity contribution in [1.82, 2.24) is 19.6 Å². The Bertz CT molecular complexity index is 1000. The lowest BCUT2D eigenvalue weighted by Crippen LogP contribution is -2.48. The predicted octanol–water partition coefficient (Wildman–Crippen LogP) is 3.81. The van der Waals surface area contributed by atoms with Gasteiger partial charge in [-0.25, -0.2) is 0 Å². The maximum Gasteiger partial charge on any atom is 0.257 e. The van der Waals surface area contributed by atoms with Gasteiger partial charge < -0.3 is 4.90 Å². The quantitative estimate of drug-likeness (QED) is 0.652. The summed E-state index contributed by atoms with van der Waals surface area (Å²) in [5.74, 6) is 0.111. The highest BCUT2D eigenvalue weighted by Crippen LogP contribution is 2.19. The van der Waals surface area contributed by atoms with Crippen LogP contribution in [0, 0.1) is 20.8 Å². The van der Waals surface area contributed by atoms with Gasteiger partial charge in [-0.05, 0) is 31.9 Å². The fourth-order valence-electron chi connectivity index (χ4n) is 4.14. The van der Waals surface area contributed by atoms with E-state index in [0.717, 1.165) is 49.7 Å². The lowest BCUT2D eigenvalue weighted by atomic mass is 10.1. The molecular formula is C25H30N4O. The van der Waals surface area contributed by atoms with E-state index in [1.807, 2.05) is 29.5 Å². The molecule has 1 saturated heterocycles. The molecule has 3 aromatic rings. The summed E-state index contributed by atoms with van der Waals surface area (Å²) in [5, 5.41) is 4.67. The van der Waals surface area contributed by atoms with Gasteiger partial charge in [0.05, 0.1) is 17.8 Å². The van der Waals surface area contributed by atoms with Crippen molar-refractivity contribution in [2.24, 2.45) is 0 Å². The molecule has 1 aliphatic heterocycles. The number of hydrogen-bond donors (Lipinski definition) is 0. The van der Waals surface area contributed by atoms with Gasteiger partial charge in [0.2, 0.25) is 0 Å². The van der Waals surface area contributed by atoms with Crippen molar-refractivity contribution in [3.63, 3.8) is 0 Å². The number of rotatable bonds is 5. The van der Waals surface area contributed by atoms with Crippen LogP contribution in [-0.4, -0.2) is 51.7 Å². The van der Waals surface area contributed by atoms with E-state index in [0.29, 0.717) is 6.54 Å². The SMILES string of the molecule is Cc1ccc(Cn2nc(C)c(C(=O)N3CCN(Cc4ccccc4)CC3)c2C)cc1. The van der Waals surface area contributed by atoms with Crippen molar-refractivity contribution in [2.45, 2.75) is 33.9 Å². The molecule has 0 saturated carbocycles. The second-order valence-electron chi connectivity index (χ2n) is 8.24. The van der Waals surface area contributed by atoms with Gasteiger partial charge in [-0.1, -0.05) is 60.2 Å². The Morgan fingerprint density at radius 2 is 1.47 bits per heavy atom. The average molecular weight is 403 g/mol. The number of carbonyl (C=O) groups is 1. The van der Waals surface area contributed by atoms with Gasteiger partial charge in [0.15, 0.2) is 0 Å². The molecule has 0 atom stereocenters. The first-order chi connectivity index (χ1) is 14.5. The monoisotopic (exact) mass is 402 g/mol. The molecule has 1 aromatic heterocycles. The molecule has 5 heteroatoms. The van der Waals surface area contributed by atoms with E-state index in [1.165, 1.54) is 16.7 Å². The highest BCUT2D eigenvalue weighted by Gasteiger charge is 2.27. The standard InChI is InChI=1S/C25H30N4O/c1-19-9-11-23(12-10-19)18-29-21(3)24(20(2)26-29)25(30)28-15-13-27(14-16-28)17-22-7-5-4-6-8-22/h4-12H,13-18H2,1-3H3. The van der Waals surface area contributed by atoms with E-state index in [1.54, 1.807) is 0 Å². The zero-order valence-electron chi connectivity index (χ0n) is 18.1. The van der Waals surface area contributed by atoms with Crippen LogP contribution in [0.4, 0.5) is 0 Å². The Hall–Kier alpha value is -2.92. The van der Waals surface area contributed by atoms with Crippen molar-refractivity contribution in [2.75, 3.05) is 26.2 Å². The Labute approximate surface area is 178 Å². The second-order valence-corrected chi connectivity index (χ2v) is 8.24.